The molecule has 0 radical (unpaired) electrons. The fourth-order valence-corrected chi connectivity index (χ4v) is 3.22. The van der Waals surface area contributed by atoms with Crippen LogP contribution in [-0.2, 0) is 16.0 Å². The number of likely N-dealkylation sites (N-methyl/N-ethyl adjacent to an activating group) is 1. The molecule has 6 heteroatoms. The predicted octanol–water partition coefficient (Wildman–Crippen LogP) is 4.70. The number of nitrogens with one attached hydrogen (secondary N) is 1. The monoisotopic (exact) mass is 440 g/mol. The molecule has 0 aromatic heterocycles. The molecule has 0 saturated carbocycles. The molecule has 27 heavy (non-hydrogen) atoms. The lowest BCUT2D eigenvalue weighted by Gasteiger charge is -2.36. The average molecular weight is 441 g/mol. The zero-order valence-corrected chi connectivity index (χ0v) is 19.4. The van der Waals surface area contributed by atoms with Crippen molar-refractivity contribution in [1.29, 1.82) is 0 Å². The SMILES string of the molecule is CNC(=O)[C@H](Cc1ccc(Br)cc1C)N(CC(C)(C)C)C(=O)OC(C)(C)C. The Morgan fingerprint density at radius 1 is 1.19 bits per heavy atom. The van der Waals surface area contributed by atoms with E-state index in [0.29, 0.717) is 13.0 Å². The molecular weight excluding hydrogens is 408 g/mol. The van der Waals surface area contributed by atoms with E-state index in [4.69, 9.17) is 4.74 Å². The zero-order chi connectivity index (χ0) is 21.0. The fraction of sp³-hybridized carbons (Fsp3) is 0.619. The van der Waals surface area contributed by atoms with Gasteiger partial charge < -0.3 is 10.1 Å². The van der Waals surface area contributed by atoms with Gasteiger partial charge in [0.2, 0.25) is 5.91 Å². The Balaban J connectivity index is 3.29. The van der Waals surface area contributed by atoms with Crippen LogP contribution in [0.15, 0.2) is 22.7 Å². The van der Waals surface area contributed by atoms with Crippen LogP contribution in [0.2, 0.25) is 0 Å². The molecule has 0 unspecified atom stereocenters. The predicted molar refractivity (Wildman–Crippen MR) is 113 cm³/mol. The van der Waals surface area contributed by atoms with Crippen LogP contribution >= 0.6 is 15.9 Å². The number of carbonyl (C=O) groups excluding carboxylic acids is 2. The maximum atomic E-state index is 12.9. The van der Waals surface area contributed by atoms with Crippen molar-refractivity contribution in [2.45, 2.75) is 66.5 Å². The van der Waals surface area contributed by atoms with Crippen molar-refractivity contribution in [2.24, 2.45) is 5.41 Å². The summed E-state index contributed by atoms with van der Waals surface area (Å²) in [4.78, 5) is 27.2. The normalized spacial score (nSPS) is 13.1. The summed E-state index contributed by atoms with van der Waals surface area (Å²) in [5.41, 5.74) is 1.28. The first kappa shape index (κ1) is 23.5. The number of rotatable bonds is 5. The molecule has 5 nitrogen and oxygen atoms in total. The molecule has 1 atom stereocenters. The van der Waals surface area contributed by atoms with Crippen LogP contribution in [0.3, 0.4) is 0 Å². The first-order valence-electron chi connectivity index (χ1n) is 9.20. The van der Waals surface area contributed by atoms with E-state index in [0.717, 1.165) is 15.6 Å². The van der Waals surface area contributed by atoms with Gasteiger partial charge in [-0.15, -0.1) is 0 Å². The highest BCUT2D eigenvalue weighted by Gasteiger charge is 2.35. The molecular formula is C21H33BrN2O3. The highest BCUT2D eigenvalue weighted by molar-refractivity contribution is 9.10. The largest absolute Gasteiger partial charge is 0.444 e. The van der Waals surface area contributed by atoms with Crippen molar-refractivity contribution in [1.82, 2.24) is 10.2 Å². The maximum Gasteiger partial charge on any atom is 0.411 e. The lowest BCUT2D eigenvalue weighted by atomic mass is 9.93. The van der Waals surface area contributed by atoms with Gasteiger partial charge in [-0.2, -0.15) is 0 Å². The third-order valence-electron chi connectivity index (χ3n) is 3.92. The van der Waals surface area contributed by atoms with Crippen molar-refractivity contribution in [3.63, 3.8) is 0 Å². The number of nitrogens with zero attached hydrogens (tertiary/aromatic N) is 1. The summed E-state index contributed by atoms with van der Waals surface area (Å²) in [6, 6.07) is 5.30. The van der Waals surface area contributed by atoms with Gasteiger partial charge in [0.1, 0.15) is 11.6 Å². The van der Waals surface area contributed by atoms with Crippen LogP contribution in [0.25, 0.3) is 0 Å². The molecule has 0 spiro atoms. The van der Waals surface area contributed by atoms with Crippen molar-refractivity contribution in [3.8, 4) is 0 Å². The Kier molecular flexibility index (Phi) is 7.90. The van der Waals surface area contributed by atoms with Crippen LogP contribution in [0.1, 0.15) is 52.7 Å². The first-order chi connectivity index (χ1) is 12.2. The number of benzene rings is 1. The average Bonchev–Trinajstić information content (AvgIpc) is 2.49. The highest BCUT2D eigenvalue weighted by atomic mass is 79.9. The van der Waals surface area contributed by atoms with E-state index in [1.54, 1.807) is 11.9 Å². The molecule has 0 aliphatic rings. The topological polar surface area (TPSA) is 58.6 Å². The molecule has 1 aromatic carbocycles. The molecule has 0 aliphatic heterocycles. The smallest absolute Gasteiger partial charge is 0.411 e. The summed E-state index contributed by atoms with van der Waals surface area (Å²) in [7, 11) is 1.59. The van der Waals surface area contributed by atoms with Gasteiger partial charge in [-0.25, -0.2) is 4.79 Å². The van der Waals surface area contributed by atoms with E-state index in [-0.39, 0.29) is 11.3 Å². The van der Waals surface area contributed by atoms with Crippen LogP contribution in [0.4, 0.5) is 4.79 Å². The second-order valence-electron chi connectivity index (χ2n) is 9.07. The molecule has 0 fully saturated rings. The minimum Gasteiger partial charge on any atom is -0.444 e. The van der Waals surface area contributed by atoms with E-state index in [2.05, 4.69) is 21.2 Å². The zero-order valence-electron chi connectivity index (χ0n) is 17.8. The number of ether oxygens (including phenoxy) is 1. The second-order valence-corrected chi connectivity index (χ2v) is 9.99. The molecule has 1 rings (SSSR count). The van der Waals surface area contributed by atoms with Crippen molar-refractivity contribution < 1.29 is 14.3 Å². The third kappa shape index (κ3) is 7.91. The van der Waals surface area contributed by atoms with Crippen molar-refractivity contribution in [3.05, 3.63) is 33.8 Å². The van der Waals surface area contributed by atoms with Gasteiger partial charge in [0.15, 0.2) is 0 Å². The quantitative estimate of drug-likeness (QED) is 0.721. The fourth-order valence-electron chi connectivity index (χ4n) is 2.74. The van der Waals surface area contributed by atoms with Crippen LogP contribution in [-0.4, -0.2) is 42.1 Å². The van der Waals surface area contributed by atoms with Gasteiger partial charge in [-0.05, 0) is 56.4 Å². The molecule has 0 aliphatic carbocycles. The van der Waals surface area contributed by atoms with Gasteiger partial charge in [0.25, 0.3) is 0 Å². The van der Waals surface area contributed by atoms with E-state index in [9.17, 15) is 9.59 Å². The minimum absolute atomic E-state index is 0.183. The summed E-state index contributed by atoms with van der Waals surface area (Å²) in [5.74, 6) is -0.201. The summed E-state index contributed by atoms with van der Waals surface area (Å²) in [5, 5.41) is 2.70. The van der Waals surface area contributed by atoms with E-state index >= 15 is 0 Å². The van der Waals surface area contributed by atoms with Crippen molar-refractivity contribution >= 4 is 27.9 Å². The summed E-state index contributed by atoms with van der Waals surface area (Å²) >= 11 is 3.47. The number of hydrogen-bond donors (Lipinski definition) is 1. The number of halogens is 1. The van der Waals surface area contributed by atoms with Gasteiger partial charge in [0, 0.05) is 24.5 Å². The Bertz CT molecular complexity index is 675. The molecule has 1 aromatic rings. The first-order valence-corrected chi connectivity index (χ1v) is 9.99. The molecule has 0 bridgehead atoms. The molecule has 152 valence electrons. The van der Waals surface area contributed by atoms with Crippen molar-refractivity contribution in [2.75, 3.05) is 13.6 Å². The van der Waals surface area contributed by atoms with Gasteiger partial charge in [-0.1, -0.05) is 42.8 Å². The summed E-state index contributed by atoms with van der Waals surface area (Å²) in [6.45, 7) is 14.0. The summed E-state index contributed by atoms with van der Waals surface area (Å²) < 4.78 is 6.59. The van der Waals surface area contributed by atoms with Gasteiger partial charge in [-0.3, -0.25) is 9.69 Å². The van der Waals surface area contributed by atoms with Crippen LogP contribution in [0, 0.1) is 12.3 Å². The lowest BCUT2D eigenvalue weighted by molar-refractivity contribution is -0.126. The third-order valence-corrected chi connectivity index (χ3v) is 4.41. The maximum absolute atomic E-state index is 12.9. The van der Waals surface area contributed by atoms with Crippen LogP contribution in [0.5, 0.6) is 0 Å². The van der Waals surface area contributed by atoms with Gasteiger partial charge in [0.05, 0.1) is 0 Å². The minimum atomic E-state index is -0.649. The second kappa shape index (κ2) is 9.09. The Morgan fingerprint density at radius 2 is 1.78 bits per heavy atom. The van der Waals surface area contributed by atoms with E-state index < -0.39 is 17.7 Å². The Hall–Kier alpha value is -1.56. The van der Waals surface area contributed by atoms with Gasteiger partial charge >= 0.3 is 6.09 Å². The summed E-state index contributed by atoms with van der Waals surface area (Å²) in [6.07, 6.45) is -0.0468. The standard InChI is InChI=1S/C21H33BrN2O3/c1-14-11-16(22)10-9-15(14)12-17(18(25)23-8)24(13-20(2,3)4)19(26)27-21(5,6)7/h9-11,17H,12-13H2,1-8H3,(H,23,25)/t17-/m0/s1. The number of aryl methyl sites for hydroxylation is 1. The lowest BCUT2D eigenvalue weighted by Crippen LogP contribution is -2.53. The molecule has 0 heterocycles. The molecule has 1 N–H and O–H groups in total. The Morgan fingerprint density at radius 3 is 2.22 bits per heavy atom. The highest BCUT2D eigenvalue weighted by Crippen LogP contribution is 2.24. The Labute approximate surface area is 172 Å². The number of hydrogen-bond acceptors (Lipinski definition) is 3. The molecule has 2 amide bonds. The number of carbonyl (C=O) groups is 2. The number of amides is 2. The van der Waals surface area contributed by atoms with E-state index in [1.807, 2.05) is 66.7 Å². The van der Waals surface area contributed by atoms with E-state index in [1.165, 1.54) is 0 Å². The van der Waals surface area contributed by atoms with Crippen LogP contribution < -0.4 is 5.32 Å². The molecule has 0 saturated heterocycles.